The van der Waals surface area contributed by atoms with Crippen LogP contribution >= 0.6 is 0 Å². The van der Waals surface area contributed by atoms with Crippen LogP contribution in [0.2, 0.25) is 0 Å². The van der Waals surface area contributed by atoms with Gasteiger partial charge in [0.15, 0.2) is 0 Å². The van der Waals surface area contributed by atoms with E-state index in [9.17, 15) is 4.79 Å². The molecular formula is C16H31N3O. The van der Waals surface area contributed by atoms with Gasteiger partial charge in [0.05, 0.1) is 6.54 Å². The Labute approximate surface area is 123 Å². The van der Waals surface area contributed by atoms with Gasteiger partial charge in [-0.1, -0.05) is 26.7 Å². The van der Waals surface area contributed by atoms with Gasteiger partial charge in [0, 0.05) is 38.3 Å². The van der Waals surface area contributed by atoms with E-state index in [-0.39, 0.29) is 11.9 Å². The number of rotatable bonds is 5. The molecule has 1 saturated carbocycles. The van der Waals surface area contributed by atoms with Crippen molar-refractivity contribution in [2.75, 3.05) is 32.7 Å². The summed E-state index contributed by atoms with van der Waals surface area (Å²) in [4.78, 5) is 16.9. The summed E-state index contributed by atoms with van der Waals surface area (Å²) in [6.07, 6.45) is 5.57. The standard InChI is InChI=1S/C16H31N3O/c1-13(2)14(3)17-16(20)12-18-8-10-19(11-9-18)15-6-4-5-7-15/h13-15H,4-12H2,1-3H3,(H,17,20). The number of nitrogens with one attached hydrogen (secondary N) is 1. The molecule has 4 heteroatoms. The molecule has 1 aliphatic heterocycles. The Morgan fingerprint density at radius 1 is 1.10 bits per heavy atom. The molecule has 1 atom stereocenters. The van der Waals surface area contributed by atoms with Crippen molar-refractivity contribution in [2.45, 2.75) is 58.5 Å². The number of carbonyl (C=O) groups excluding carboxylic acids is 1. The van der Waals surface area contributed by atoms with Crippen LogP contribution in [-0.4, -0.2) is 60.5 Å². The number of hydrogen-bond acceptors (Lipinski definition) is 3. The number of hydrogen-bond donors (Lipinski definition) is 1. The maximum Gasteiger partial charge on any atom is 0.234 e. The topological polar surface area (TPSA) is 35.6 Å². The minimum Gasteiger partial charge on any atom is -0.352 e. The third kappa shape index (κ3) is 4.45. The molecule has 0 radical (unpaired) electrons. The Hall–Kier alpha value is -0.610. The molecule has 1 N–H and O–H groups in total. The zero-order valence-electron chi connectivity index (χ0n) is 13.4. The zero-order valence-corrected chi connectivity index (χ0v) is 13.4. The van der Waals surface area contributed by atoms with Gasteiger partial charge in [0.25, 0.3) is 0 Å². The van der Waals surface area contributed by atoms with Crippen LogP contribution in [0.5, 0.6) is 0 Å². The molecule has 1 amide bonds. The molecule has 0 bridgehead atoms. The van der Waals surface area contributed by atoms with E-state index < -0.39 is 0 Å². The van der Waals surface area contributed by atoms with Crippen LogP contribution < -0.4 is 5.32 Å². The zero-order chi connectivity index (χ0) is 14.5. The van der Waals surface area contributed by atoms with Gasteiger partial charge in [0.1, 0.15) is 0 Å². The fourth-order valence-corrected chi connectivity index (χ4v) is 3.23. The van der Waals surface area contributed by atoms with Gasteiger partial charge in [-0.25, -0.2) is 0 Å². The molecular weight excluding hydrogens is 250 g/mol. The van der Waals surface area contributed by atoms with E-state index in [1.165, 1.54) is 25.7 Å². The first-order valence-electron chi connectivity index (χ1n) is 8.32. The Balaban J connectivity index is 1.67. The van der Waals surface area contributed by atoms with E-state index >= 15 is 0 Å². The third-order valence-corrected chi connectivity index (χ3v) is 5.00. The van der Waals surface area contributed by atoms with E-state index in [1.54, 1.807) is 0 Å². The van der Waals surface area contributed by atoms with Gasteiger partial charge in [-0.2, -0.15) is 0 Å². The smallest absolute Gasteiger partial charge is 0.234 e. The molecule has 116 valence electrons. The number of carbonyl (C=O) groups is 1. The van der Waals surface area contributed by atoms with Gasteiger partial charge in [-0.15, -0.1) is 0 Å². The van der Waals surface area contributed by atoms with Crippen LogP contribution in [0.25, 0.3) is 0 Å². The van der Waals surface area contributed by atoms with Gasteiger partial charge in [0.2, 0.25) is 5.91 Å². The minimum absolute atomic E-state index is 0.181. The highest BCUT2D eigenvalue weighted by atomic mass is 16.2. The largest absolute Gasteiger partial charge is 0.352 e. The van der Waals surface area contributed by atoms with Crippen molar-refractivity contribution >= 4 is 5.91 Å². The lowest BCUT2D eigenvalue weighted by Gasteiger charge is -2.37. The summed E-state index contributed by atoms with van der Waals surface area (Å²) in [5.74, 6) is 0.679. The highest BCUT2D eigenvalue weighted by molar-refractivity contribution is 5.78. The quantitative estimate of drug-likeness (QED) is 0.833. The van der Waals surface area contributed by atoms with Gasteiger partial charge in [-0.05, 0) is 25.7 Å². The van der Waals surface area contributed by atoms with Crippen LogP contribution in [0.1, 0.15) is 46.5 Å². The van der Waals surface area contributed by atoms with E-state index in [2.05, 4.69) is 35.9 Å². The van der Waals surface area contributed by atoms with Gasteiger partial charge >= 0.3 is 0 Å². The molecule has 1 aliphatic carbocycles. The normalized spacial score (nSPS) is 24.2. The van der Waals surface area contributed by atoms with E-state index in [0.29, 0.717) is 12.5 Å². The van der Waals surface area contributed by atoms with Crippen molar-refractivity contribution in [1.29, 1.82) is 0 Å². The summed E-state index contributed by atoms with van der Waals surface area (Å²) in [6.45, 7) is 11.3. The molecule has 2 fully saturated rings. The predicted octanol–water partition coefficient (Wildman–Crippen LogP) is 1.71. The summed E-state index contributed by atoms with van der Waals surface area (Å²) in [6, 6.07) is 1.09. The maximum absolute atomic E-state index is 12.0. The SMILES string of the molecule is CC(C)C(C)NC(=O)CN1CCN(C2CCCC2)CC1. The van der Waals surface area contributed by atoms with E-state index in [0.717, 1.165) is 32.2 Å². The third-order valence-electron chi connectivity index (χ3n) is 5.00. The fraction of sp³-hybridized carbons (Fsp3) is 0.938. The summed E-state index contributed by atoms with van der Waals surface area (Å²) in [7, 11) is 0. The molecule has 2 aliphatic rings. The Morgan fingerprint density at radius 2 is 1.70 bits per heavy atom. The molecule has 1 unspecified atom stereocenters. The van der Waals surface area contributed by atoms with Crippen molar-refractivity contribution in [1.82, 2.24) is 15.1 Å². The van der Waals surface area contributed by atoms with Crippen molar-refractivity contribution in [3.05, 3.63) is 0 Å². The van der Waals surface area contributed by atoms with Gasteiger partial charge in [-0.3, -0.25) is 14.6 Å². The monoisotopic (exact) mass is 281 g/mol. The van der Waals surface area contributed by atoms with Crippen LogP contribution in [0.3, 0.4) is 0 Å². The molecule has 4 nitrogen and oxygen atoms in total. The van der Waals surface area contributed by atoms with E-state index in [1.807, 2.05) is 0 Å². The Kier molecular flexibility index (Phi) is 5.85. The van der Waals surface area contributed by atoms with Crippen molar-refractivity contribution in [3.63, 3.8) is 0 Å². The number of amides is 1. The lowest BCUT2D eigenvalue weighted by molar-refractivity contribution is -0.123. The first-order valence-corrected chi connectivity index (χ1v) is 8.32. The fourth-order valence-electron chi connectivity index (χ4n) is 3.23. The molecule has 20 heavy (non-hydrogen) atoms. The highest BCUT2D eigenvalue weighted by Gasteiger charge is 2.26. The van der Waals surface area contributed by atoms with Crippen LogP contribution in [0, 0.1) is 5.92 Å². The van der Waals surface area contributed by atoms with Crippen molar-refractivity contribution < 1.29 is 4.79 Å². The first kappa shape index (κ1) is 15.8. The molecule has 2 rings (SSSR count). The first-order chi connectivity index (χ1) is 9.56. The lowest BCUT2D eigenvalue weighted by atomic mass is 10.1. The molecule has 1 saturated heterocycles. The second kappa shape index (κ2) is 7.41. The predicted molar refractivity (Wildman–Crippen MR) is 82.7 cm³/mol. The molecule has 0 spiro atoms. The lowest BCUT2D eigenvalue weighted by Crippen LogP contribution is -2.52. The molecule has 0 aromatic carbocycles. The van der Waals surface area contributed by atoms with E-state index in [4.69, 9.17) is 0 Å². The average Bonchev–Trinajstić information content (AvgIpc) is 2.93. The maximum atomic E-state index is 12.0. The molecule has 0 aromatic heterocycles. The second-order valence-electron chi connectivity index (χ2n) is 6.85. The van der Waals surface area contributed by atoms with Crippen molar-refractivity contribution in [2.24, 2.45) is 5.92 Å². The highest BCUT2D eigenvalue weighted by Crippen LogP contribution is 2.24. The van der Waals surface area contributed by atoms with Crippen LogP contribution in [0.15, 0.2) is 0 Å². The van der Waals surface area contributed by atoms with Crippen LogP contribution in [0.4, 0.5) is 0 Å². The Bertz CT molecular complexity index is 305. The molecule has 0 aromatic rings. The molecule has 1 heterocycles. The minimum atomic E-state index is 0.181. The summed E-state index contributed by atoms with van der Waals surface area (Å²) in [5.41, 5.74) is 0. The second-order valence-corrected chi connectivity index (χ2v) is 6.85. The summed E-state index contributed by atoms with van der Waals surface area (Å²) < 4.78 is 0. The number of nitrogens with zero attached hydrogens (tertiary/aromatic N) is 2. The number of piperazine rings is 1. The summed E-state index contributed by atoms with van der Waals surface area (Å²) in [5, 5.41) is 3.10. The average molecular weight is 281 g/mol. The summed E-state index contributed by atoms with van der Waals surface area (Å²) >= 11 is 0. The van der Waals surface area contributed by atoms with Crippen LogP contribution in [-0.2, 0) is 4.79 Å². The van der Waals surface area contributed by atoms with Gasteiger partial charge < -0.3 is 5.32 Å². The Morgan fingerprint density at radius 3 is 2.25 bits per heavy atom. The van der Waals surface area contributed by atoms with Crippen molar-refractivity contribution in [3.8, 4) is 0 Å².